The Labute approximate surface area is 158 Å². The molecule has 0 saturated carbocycles. The van der Waals surface area contributed by atoms with Crippen LogP contribution < -0.4 is 32.9 Å². The van der Waals surface area contributed by atoms with E-state index in [0.29, 0.717) is 23.1 Å². The highest BCUT2D eigenvalue weighted by Gasteiger charge is 2.13. The van der Waals surface area contributed by atoms with Crippen LogP contribution in [-0.4, -0.2) is 19.6 Å². The van der Waals surface area contributed by atoms with Crippen LogP contribution in [0.5, 0.6) is 11.5 Å². The number of rotatable bonds is 8. The molecule has 0 unspecified atom stereocenters. The summed E-state index contributed by atoms with van der Waals surface area (Å²) >= 11 is 6.23. The lowest BCUT2D eigenvalue weighted by molar-refractivity contribution is -0.119. The normalized spacial score (nSPS) is 10.0. The second kappa shape index (κ2) is 10.1. The summed E-state index contributed by atoms with van der Waals surface area (Å²) in [6.45, 7) is 3.19. The average Bonchev–Trinajstić information content (AvgIpc) is 2.55. The van der Waals surface area contributed by atoms with E-state index >= 15 is 0 Å². The monoisotopic (exact) mass is 383 g/mol. The molecule has 136 valence electrons. The Hall–Kier alpha value is -1.95. The minimum absolute atomic E-state index is 0. The number of methoxy groups -OCH3 is 1. The Morgan fingerprint density at radius 1 is 1.16 bits per heavy atom. The maximum Gasteiger partial charge on any atom is 0.255 e. The van der Waals surface area contributed by atoms with Crippen LogP contribution in [0.4, 0.5) is 0 Å². The van der Waals surface area contributed by atoms with Gasteiger partial charge < -0.3 is 32.9 Å². The third kappa shape index (κ3) is 6.46. The van der Waals surface area contributed by atoms with Crippen LogP contribution in [0.1, 0.15) is 16.7 Å². The van der Waals surface area contributed by atoms with Crippen LogP contribution in [-0.2, 0) is 17.9 Å². The standard InChI is InChI=1S/C18H21ClN2O3.ClH/c1-12-3-5-13(6-4-12)9-21-10-14-7-15(19)18(16(8-14)23-2)24-11-17(20)22;/h3-8,21H,9-11H2,1-2H3,(H2,20,22);1H/p-1. The van der Waals surface area contributed by atoms with Crippen molar-refractivity contribution in [2.75, 3.05) is 13.7 Å². The molecule has 25 heavy (non-hydrogen) atoms. The summed E-state index contributed by atoms with van der Waals surface area (Å²) < 4.78 is 10.6. The fourth-order valence-electron chi connectivity index (χ4n) is 2.22. The highest BCUT2D eigenvalue weighted by Crippen LogP contribution is 2.36. The van der Waals surface area contributed by atoms with Crippen LogP contribution in [0.25, 0.3) is 0 Å². The van der Waals surface area contributed by atoms with Gasteiger partial charge in [-0.05, 0) is 30.2 Å². The molecule has 0 fully saturated rings. The summed E-state index contributed by atoms with van der Waals surface area (Å²) in [5.41, 5.74) is 8.48. The Morgan fingerprint density at radius 2 is 1.80 bits per heavy atom. The third-order valence-corrected chi connectivity index (χ3v) is 3.71. The summed E-state index contributed by atoms with van der Waals surface area (Å²) in [6, 6.07) is 12.0. The Balaban J connectivity index is 0.00000312. The molecule has 0 aliphatic carbocycles. The third-order valence-electron chi connectivity index (χ3n) is 3.43. The molecule has 0 aromatic heterocycles. The summed E-state index contributed by atoms with van der Waals surface area (Å²) in [5.74, 6) is 0.216. The molecule has 7 heteroatoms. The lowest BCUT2D eigenvalue weighted by Crippen LogP contribution is -3.00. The molecule has 2 rings (SSSR count). The minimum Gasteiger partial charge on any atom is -1.00 e. The number of halogens is 2. The molecule has 2 aromatic rings. The maximum atomic E-state index is 10.9. The van der Waals surface area contributed by atoms with E-state index in [9.17, 15) is 4.79 Å². The van der Waals surface area contributed by atoms with Gasteiger partial charge in [-0.25, -0.2) is 0 Å². The predicted molar refractivity (Wildman–Crippen MR) is 94.4 cm³/mol. The number of ether oxygens (including phenoxy) is 2. The van der Waals surface area contributed by atoms with Crippen molar-refractivity contribution in [2.24, 2.45) is 5.73 Å². The van der Waals surface area contributed by atoms with Gasteiger partial charge in [0.1, 0.15) is 0 Å². The number of carbonyl (C=O) groups excluding carboxylic acids is 1. The minimum atomic E-state index is -0.572. The molecule has 0 spiro atoms. The van der Waals surface area contributed by atoms with Crippen LogP contribution in [0.15, 0.2) is 36.4 Å². The van der Waals surface area contributed by atoms with E-state index in [1.807, 2.05) is 6.07 Å². The molecule has 1 amide bonds. The van der Waals surface area contributed by atoms with Gasteiger partial charge in [-0.3, -0.25) is 4.79 Å². The van der Waals surface area contributed by atoms with Gasteiger partial charge in [-0.1, -0.05) is 41.4 Å². The van der Waals surface area contributed by atoms with Crippen LogP contribution >= 0.6 is 11.6 Å². The fraction of sp³-hybridized carbons (Fsp3) is 0.278. The summed E-state index contributed by atoms with van der Waals surface area (Å²) in [6.07, 6.45) is 0. The first-order chi connectivity index (χ1) is 11.5. The highest BCUT2D eigenvalue weighted by atomic mass is 35.5. The van der Waals surface area contributed by atoms with Crippen LogP contribution in [0.2, 0.25) is 5.02 Å². The smallest absolute Gasteiger partial charge is 0.255 e. The van der Waals surface area contributed by atoms with Crippen molar-refractivity contribution >= 4 is 17.5 Å². The van der Waals surface area contributed by atoms with Crippen molar-refractivity contribution in [1.82, 2.24) is 5.32 Å². The first kappa shape index (κ1) is 21.1. The summed E-state index contributed by atoms with van der Waals surface area (Å²) in [5, 5.41) is 3.73. The number of hydrogen-bond donors (Lipinski definition) is 2. The Morgan fingerprint density at radius 3 is 2.40 bits per heavy atom. The topological polar surface area (TPSA) is 73.6 Å². The van der Waals surface area contributed by atoms with Crippen LogP contribution in [0.3, 0.4) is 0 Å². The van der Waals surface area contributed by atoms with Crippen LogP contribution in [0, 0.1) is 6.92 Å². The predicted octanol–water partition coefficient (Wildman–Crippen LogP) is -0.185. The van der Waals surface area contributed by atoms with E-state index in [1.54, 1.807) is 6.07 Å². The second-order valence-electron chi connectivity index (χ2n) is 5.45. The van der Waals surface area contributed by atoms with Gasteiger partial charge in [0.25, 0.3) is 5.91 Å². The van der Waals surface area contributed by atoms with Gasteiger partial charge in [-0.15, -0.1) is 0 Å². The maximum absolute atomic E-state index is 10.9. The van der Waals surface area contributed by atoms with Gasteiger partial charge >= 0.3 is 0 Å². The van der Waals surface area contributed by atoms with E-state index in [2.05, 4.69) is 36.5 Å². The lowest BCUT2D eigenvalue weighted by atomic mass is 10.1. The molecule has 0 saturated heterocycles. The summed E-state index contributed by atoms with van der Waals surface area (Å²) in [7, 11) is 1.52. The van der Waals surface area contributed by atoms with Crippen molar-refractivity contribution in [2.45, 2.75) is 20.0 Å². The molecular formula is C18H21Cl2N2O3-. The van der Waals surface area contributed by atoms with Gasteiger partial charge in [0.15, 0.2) is 18.1 Å². The summed E-state index contributed by atoms with van der Waals surface area (Å²) in [4.78, 5) is 10.9. The number of nitrogens with one attached hydrogen (secondary N) is 1. The molecule has 0 bridgehead atoms. The van der Waals surface area contributed by atoms with Crippen molar-refractivity contribution in [3.63, 3.8) is 0 Å². The van der Waals surface area contributed by atoms with Gasteiger partial charge in [0.2, 0.25) is 0 Å². The van der Waals surface area contributed by atoms with E-state index in [0.717, 1.165) is 12.1 Å². The number of aryl methyl sites for hydroxylation is 1. The zero-order chi connectivity index (χ0) is 17.5. The number of primary amides is 1. The van der Waals surface area contributed by atoms with Gasteiger partial charge in [0.05, 0.1) is 12.1 Å². The fourth-order valence-corrected chi connectivity index (χ4v) is 2.50. The Bertz CT molecular complexity index is 706. The number of hydrogen-bond acceptors (Lipinski definition) is 4. The molecule has 0 aliphatic heterocycles. The Kier molecular flexibility index (Phi) is 8.55. The van der Waals surface area contributed by atoms with E-state index in [1.165, 1.54) is 18.2 Å². The van der Waals surface area contributed by atoms with E-state index in [-0.39, 0.29) is 19.0 Å². The second-order valence-corrected chi connectivity index (χ2v) is 5.86. The molecule has 5 nitrogen and oxygen atoms in total. The number of carbonyl (C=O) groups is 1. The average molecular weight is 384 g/mol. The van der Waals surface area contributed by atoms with Crippen molar-refractivity contribution in [3.8, 4) is 11.5 Å². The van der Waals surface area contributed by atoms with E-state index < -0.39 is 5.91 Å². The van der Waals surface area contributed by atoms with Crippen molar-refractivity contribution in [3.05, 3.63) is 58.1 Å². The van der Waals surface area contributed by atoms with Gasteiger partial charge in [0, 0.05) is 13.1 Å². The van der Waals surface area contributed by atoms with E-state index in [4.69, 9.17) is 26.8 Å². The number of benzene rings is 2. The zero-order valence-corrected chi connectivity index (χ0v) is 15.7. The first-order valence-corrected chi connectivity index (χ1v) is 7.91. The molecule has 2 aromatic carbocycles. The molecule has 3 N–H and O–H groups in total. The number of nitrogens with two attached hydrogens (primary N) is 1. The first-order valence-electron chi connectivity index (χ1n) is 7.53. The van der Waals surface area contributed by atoms with Crippen molar-refractivity contribution < 1.29 is 26.7 Å². The number of amides is 1. The largest absolute Gasteiger partial charge is 1.00 e. The molecule has 0 radical (unpaired) electrons. The highest BCUT2D eigenvalue weighted by molar-refractivity contribution is 6.32. The SMILES string of the molecule is COc1cc(CNCc2ccc(C)cc2)cc(Cl)c1OCC(N)=O.[Cl-]. The quantitative estimate of drug-likeness (QED) is 0.662. The molecular weight excluding hydrogens is 363 g/mol. The molecule has 0 atom stereocenters. The van der Waals surface area contributed by atoms with Gasteiger partial charge in [-0.2, -0.15) is 0 Å². The molecule has 0 heterocycles. The van der Waals surface area contributed by atoms with Crippen molar-refractivity contribution in [1.29, 1.82) is 0 Å². The lowest BCUT2D eigenvalue weighted by Gasteiger charge is -2.14. The zero-order valence-electron chi connectivity index (χ0n) is 14.1. The molecule has 0 aliphatic rings.